The maximum atomic E-state index is 9.49. The minimum absolute atomic E-state index is 0.0966. The molecule has 2 heteroatoms. The highest BCUT2D eigenvalue weighted by atomic mass is 35.5. The molecule has 1 aliphatic rings. The van der Waals surface area contributed by atoms with Crippen molar-refractivity contribution in [2.75, 3.05) is 0 Å². The molecule has 1 nitrogen and oxygen atoms in total. The van der Waals surface area contributed by atoms with Gasteiger partial charge in [0.15, 0.2) is 0 Å². The normalized spacial score (nSPS) is 12.5. The van der Waals surface area contributed by atoms with Gasteiger partial charge in [0.25, 0.3) is 0 Å². The van der Waals surface area contributed by atoms with Gasteiger partial charge in [0, 0.05) is 10.9 Å². The van der Waals surface area contributed by atoms with E-state index in [1.807, 2.05) is 12.1 Å². The Balaban J connectivity index is 2.02. The van der Waals surface area contributed by atoms with Gasteiger partial charge in [-0.25, -0.2) is 0 Å². The van der Waals surface area contributed by atoms with Crippen LogP contribution in [0.4, 0.5) is 0 Å². The Morgan fingerprint density at radius 2 is 1.36 bits per heavy atom. The molecule has 0 saturated carbocycles. The molecule has 0 spiro atoms. The fourth-order valence-corrected chi connectivity index (χ4v) is 3.54. The molecule has 0 radical (unpaired) electrons. The SMILES string of the molecule is N#Cc1cc(Cl)ccc1C1c2ccccc2-c2ccccc21. The third-order valence-corrected chi connectivity index (χ3v) is 4.52. The predicted molar refractivity (Wildman–Crippen MR) is 89.0 cm³/mol. The lowest BCUT2D eigenvalue weighted by molar-refractivity contribution is 1.01. The average molecular weight is 302 g/mol. The van der Waals surface area contributed by atoms with Crippen molar-refractivity contribution < 1.29 is 0 Å². The van der Waals surface area contributed by atoms with Crippen molar-refractivity contribution in [1.29, 1.82) is 5.26 Å². The number of nitriles is 1. The molecule has 0 unspecified atom stereocenters. The maximum absolute atomic E-state index is 9.49. The van der Waals surface area contributed by atoms with E-state index in [-0.39, 0.29) is 5.92 Å². The summed E-state index contributed by atoms with van der Waals surface area (Å²) in [5.41, 5.74) is 6.67. The van der Waals surface area contributed by atoms with Crippen molar-refractivity contribution in [2.45, 2.75) is 5.92 Å². The largest absolute Gasteiger partial charge is 0.192 e. The first-order valence-electron chi connectivity index (χ1n) is 7.17. The van der Waals surface area contributed by atoms with E-state index in [2.05, 4.69) is 54.6 Å². The Hall–Kier alpha value is -2.56. The van der Waals surface area contributed by atoms with Gasteiger partial charge in [-0.05, 0) is 39.9 Å². The van der Waals surface area contributed by atoms with E-state index in [1.165, 1.54) is 22.3 Å². The molecule has 0 atom stereocenters. The highest BCUT2D eigenvalue weighted by Crippen LogP contribution is 2.48. The minimum atomic E-state index is 0.0966. The second-order valence-corrected chi connectivity index (χ2v) is 5.89. The van der Waals surface area contributed by atoms with Crippen LogP contribution >= 0.6 is 11.6 Å². The van der Waals surface area contributed by atoms with E-state index in [9.17, 15) is 5.26 Å². The Kier molecular flexibility index (Phi) is 2.99. The van der Waals surface area contributed by atoms with E-state index in [1.54, 1.807) is 6.07 Å². The summed E-state index contributed by atoms with van der Waals surface area (Å²) < 4.78 is 0. The molecule has 0 saturated heterocycles. The number of halogens is 1. The summed E-state index contributed by atoms with van der Waals surface area (Å²) in [5.74, 6) is 0.0966. The fourth-order valence-electron chi connectivity index (χ4n) is 3.37. The second kappa shape index (κ2) is 5.02. The van der Waals surface area contributed by atoms with E-state index in [0.29, 0.717) is 10.6 Å². The lowest BCUT2D eigenvalue weighted by atomic mass is 9.87. The number of nitrogens with zero attached hydrogens (tertiary/aromatic N) is 1. The van der Waals surface area contributed by atoms with Crippen molar-refractivity contribution in [3.8, 4) is 17.2 Å². The van der Waals surface area contributed by atoms with Crippen molar-refractivity contribution in [2.24, 2.45) is 0 Å². The van der Waals surface area contributed by atoms with E-state index in [4.69, 9.17) is 11.6 Å². The second-order valence-electron chi connectivity index (χ2n) is 5.45. The summed E-state index contributed by atoms with van der Waals surface area (Å²) >= 11 is 6.05. The molecule has 1 aliphatic carbocycles. The van der Waals surface area contributed by atoms with Gasteiger partial charge in [-0.1, -0.05) is 66.2 Å². The van der Waals surface area contributed by atoms with Crippen LogP contribution in [0.25, 0.3) is 11.1 Å². The Morgan fingerprint density at radius 3 is 1.95 bits per heavy atom. The van der Waals surface area contributed by atoms with Crippen LogP contribution in [0, 0.1) is 11.3 Å². The van der Waals surface area contributed by atoms with Crippen molar-refractivity contribution in [3.63, 3.8) is 0 Å². The van der Waals surface area contributed by atoms with E-state index in [0.717, 1.165) is 5.56 Å². The van der Waals surface area contributed by atoms with Gasteiger partial charge in [0.05, 0.1) is 11.6 Å². The first-order valence-corrected chi connectivity index (χ1v) is 7.55. The molecule has 0 aliphatic heterocycles. The Bertz CT molecular complexity index is 875. The van der Waals surface area contributed by atoms with Crippen molar-refractivity contribution in [1.82, 2.24) is 0 Å². The van der Waals surface area contributed by atoms with Crippen molar-refractivity contribution >= 4 is 11.6 Å². The van der Waals surface area contributed by atoms with Crippen LogP contribution in [0.1, 0.15) is 28.2 Å². The highest BCUT2D eigenvalue weighted by molar-refractivity contribution is 6.30. The number of benzene rings is 3. The van der Waals surface area contributed by atoms with Gasteiger partial charge in [-0.3, -0.25) is 0 Å². The fraction of sp³-hybridized carbons (Fsp3) is 0.0500. The molecule has 3 aromatic carbocycles. The predicted octanol–water partition coefficient (Wildman–Crippen LogP) is 5.37. The maximum Gasteiger partial charge on any atom is 0.0995 e. The molecular formula is C20H12ClN. The van der Waals surface area contributed by atoms with Gasteiger partial charge < -0.3 is 0 Å². The van der Waals surface area contributed by atoms with E-state index >= 15 is 0 Å². The molecule has 0 bridgehead atoms. The summed E-state index contributed by atoms with van der Waals surface area (Å²) in [6.45, 7) is 0. The monoisotopic (exact) mass is 301 g/mol. The van der Waals surface area contributed by atoms with Crippen LogP contribution in [0.15, 0.2) is 66.7 Å². The van der Waals surface area contributed by atoms with Gasteiger partial charge in [0.2, 0.25) is 0 Å². The smallest absolute Gasteiger partial charge is 0.0995 e. The molecule has 104 valence electrons. The topological polar surface area (TPSA) is 23.8 Å². The Morgan fingerprint density at radius 1 is 0.773 bits per heavy atom. The molecule has 3 aromatic rings. The number of hydrogen-bond acceptors (Lipinski definition) is 1. The standard InChI is InChI=1S/C20H12ClN/c21-14-9-10-15(13(11-14)12-22)20-18-7-3-1-5-16(18)17-6-2-4-8-19(17)20/h1-11,20H. The molecule has 22 heavy (non-hydrogen) atoms. The first-order chi connectivity index (χ1) is 10.8. The molecular weight excluding hydrogens is 290 g/mol. The van der Waals surface area contributed by atoms with Gasteiger partial charge in [-0.15, -0.1) is 0 Å². The lowest BCUT2D eigenvalue weighted by Gasteiger charge is -2.16. The van der Waals surface area contributed by atoms with Crippen LogP contribution in [-0.4, -0.2) is 0 Å². The van der Waals surface area contributed by atoms with Crippen LogP contribution in [-0.2, 0) is 0 Å². The molecule has 4 rings (SSSR count). The number of hydrogen-bond donors (Lipinski definition) is 0. The third-order valence-electron chi connectivity index (χ3n) is 4.28. The average Bonchev–Trinajstić information content (AvgIpc) is 2.89. The summed E-state index contributed by atoms with van der Waals surface area (Å²) in [6, 6.07) is 24.7. The summed E-state index contributed by atoms with van der Waals surface area (Å²) in [7, 11) is 0. The Labute approximate surface area is 134 Å². The summed E-state index contributed by atoms with van der Waals surface area (Å²) in [5, 5.41) is 10.1. The number of fused-ring (bicyclic) bond motifs is 3. The molecule has 0 aromatic heterocycles. The third kappa shape index (κ3) is 1.85. The quantitative estimate of drug-likeness (QED) is 0.463. The minimum Gasteiger partial charge on any atom is -0.192 e. The van der Waals surface area contributed by atoms with Crippen LogP contribution in [0.5, 0.6) is 0 Å². The molecule has 0 heterocycles. The van der Waals surface area contributed by atoms with E-state index < -0.39 is 0 Å². The summed E-state index contributed by atoms with van der Waals surface area (Å²) in [6.07, 6.45) is 0. The van der Waals surface area contributed by atoms with Crippen LogP contribution in [0.2, 0.25) is 5.02 Å². The first kappa shape index (κ1) is 13.1. The number of rotatable bonds is 1. The highest BCUT2D eigenvalue weighted by Gasteiger charge is 2.30. The van der Waals surface area contributed by atoms with Crippen LogP contribution < -0.4 is 0 Å². The molecule has 0 N–H and O–H groups in total. The zero-order valence-electron chi connectivity index (χ0n) is 11.8. The molecule has 0 fully saturated rings. The lowest BCUT2D eigenvalue weighted by Crippen LogP contribution is -2.02. The van der Waals surface area contributed by atoms with Gasteiger partial charge >= 0.3 is 0 Å². The molecule has 0 amide bonds. The zero-order valence-corrected chi connectivity index (χ0v) is 12.5. The van der Waals surface area contributed by atoms with Crippen LogP contribution in [0.3, 0.4) is 0 Å². The zero-order chi connectivity index (χ0) is 15.1. The van der Waals surface area contributed by atoms with Crippen molar-refractivity contribution in [3.05, 3.63) is 94.0 Å². The van der Waals surface area contributed by atoms with Gasteiger partial charge in [-0.2, -0.15) is 5.26 Å². The van der Waals surface area contributed by atoms with Gasteiger partial charge in [0.1, 0.15) is 0 Å². The summed E-state index contributed by atoms with van der Waals surface area (Å²) in [4.78, 5) is 0.